The molecule has 2 nitrogen and oxygen atoms in total. The molecule has 1 aliphatic carbocycles. The Labute approximate surface area is 156 Å². The van der Waals surface area contributed by atoms with Gasteiger partial charge in [0.05, 0.1) is 10.7 Å². The number of allylic oxidation sites excluding steroid dienone is 7. The number of anilines is 1. The van der Waals surface area contributed by atoms with Crippen molar-refractivity contribution in [1.29, 1.82) is 0 Å². The Hall–Kier alpha value is -2.19. The monoisotopic (exact) mass is 354 g/mol. The van der Waals surface area contributed by atoms with Gasteiger partial charge in [-0.15, -0.1) is 0 Å². The first kappa shape index (κ1) is 19.1. The van der Waals surface area contributed by atoms with E-state index in [0.29, 0.717) is 16.6 Å². The molecule has 0 aromatic heterocycles. The van der Waals surface area contributed by atoms with E-state index < -0.39 is 0 Å². The van der Waals surface area contributed by atoms with Crippen molar-refractivity contribution in [3.63, 3.8) is 0 Å². The zero-order chi connectivity index (χ0) is 18.2. The molecular formula is C22H27ClN2. The molecule has 3 N–H and O–H groups in total. The van der Waals surface area contributed by atoms with E-state index in [-0.39, 0.29) is 0 Å². The molecule has 0 heterocycles. The topological polar surface area (TPSA) is 38.0 Å². The number of hydrogen-bond acceptors (Lipinski definition) is 2. The van der Waals surface area contributed by atoms with Gasteiger partial charge in [0.1, 0.15) is 0 Å². The van der Waals surface area contributed by atoms with Crippen LogP contribution in [0.4, 0.5) is 5.69 Å². The average Bonchev–Trinajstić information content (AvgIpc) is 2.64. The predicted octanol–water partition coefficient (Wildman–Crippen LogP) is 5.79. The van der Waals surface area contributed by atoms with Crippen molar-refractivity contribution in [2.45, 2.75) is 26.7 Å². The fourth-order valence-electron chi connectivity index (χ4n) is 2.71. The molecule has 0 saturated carbocycles. The third-order valence-electron chi connectivity index (χ3n) is 4.29. The summed E-state index contributed by atoms with van der Waals surface area (Å²) in [5.41, 5.74) is 11.4. The smallest absolute Gasteiger partial charge is 0.0641 e. The maximum absolute atomic E-state index is 6.29. The second-order valence-corrected chi connectivity index (χ2v) is 6.72. The number of nitrogens with two attached hydrogens (primary N) is 1. The van der Waals surface area contributed by atoms with E-state index in [1.54, 1.807) is 18.2 Å². The zero-order valence-corrected chi connectivity index (χ0v) is 15.8. The fraction of sp³-hybridized carbons (Fsp3) is 0.273. The molecule has 1 atom stereocenters. The van der Waals surface area contributed by atoms with Crippen molar-refractivity contribution >= 4 is 23.0 Å². The van der Waals surface area contributed by atoms with Crippen LogP contribution in [0.1, 0.15) is 31.4 Å². The second kappa shape index (κ2) is 9.33. The van der Waals surface area contributed by atoms with Gasteiger partial charge in [0, 0.05) is 17.8 Å². The highest BCUT2D eigenvalue weighted by Crippen LogP contribution is 2.24. The van der Waals surface area contributed by atoms with Crippen molar-refractivity contribution in [2.75, 3.05) is 11.9 Å². The van der Waals surface area contributed by atoms with Crippen LogP contribution in [0.5, 0.6) is 0 Å². The Kier molecular flexibility index (Phi) is 7.15. The Balaban J connectivity index is 2.18. The van der Waals surface area contributed by atoms with E-state index in [1.165, 1.54) is 11.1 Å². The number of nitrogens with one attached hydrogen (secondary N) is 1. The van der Waals surface area contributed by atoms with Gasteiger partial charge in [0.2, 0.25) is 0 Å². The van der Waals surface area contributed by atoms with Crippen LogP contribution >= 0.6 is 11.6 Å². The fourth-order valence-corrected chi connectivity index (χ4v) is 2.89. The predicted molar refractivity (Wildman–Crippen MR) is 112 cm³/mol. The first-order valence-electron chi connectivity index (χ1n) is 8.71. The molecule has 1 aliphatic rings. The molecule has 3 heteroatoms. The number of benzene rings is 1. The van der Waals surface area contributed by atoms with E-state index in [1.807, 2.05) is 0 Å². The number of halogens is 1. The quantitative estimate of drug-likeness (QED) is 0.608. The second-order valence-electron chi connectivity index (χ2n) is 6.31. The van der Waals surface area contributed by atoms with Gasteiger partial charge in [0.15, 0.2) is 0 Å². The van der Waals surface area contributed by atoms with Crippen LogP contribution in [-0.4, -0.2) is 6.54 Å². The van der Waals surface area contributed by atoms with Crippen molar-refractivity contribution in [2.24, 2.45) is 11.7 Å². The lowest BCUT2D eigenvalue weighted by molar-refractivity contribution is 0.688. The highest BCUT2D eigenvalue weighted by Gasteiger charge is 2.09. The van der Waals surface area contributed by atoms with Crippen molar-refractivity contribution in [1.82, 2.24) is 0 Å². The molecular weight excluding hydrogens is 328 g/mol. The van der Waals surface area contributed by atoms with Crippen molar-refractivity contribution in [3.05, 3.63) is 83.0 Å². The third kappa shape index (κ3) is 5.68. The lowest BCUT2D eigenvalue weighted by atomic mass is 9.97. The zero-order valence-electron chi connectivity index (χ0n) is 15.1. The normalized spacial score (nSPS) is 18.0. The van der Waals surface area contributed by atoms with Crippen LogP contribution in [0.2, 0.25) is 0 Å². The van der Waals surface area contributed by atoms with Gasteiger partial charge in [-0.05, 0) is 55.5 Å². The first-order chi connectivity index (χ1) is 12.0. The van der Waals surface area contributed by atoms with Gasteiger partial charge in [-0.25, -0.2) is 0 Å². The molecule has 1 aromatic rings. The molecule has 0 spiro atoms. The summed E-state index contributed by atoms with van der Waals surface area (Å²) in [5, 5.41) is 4.07. The molecule has 2 rings (SSSR count). The SMILES string of the molecule is C=C/C=C\C(Cl)=C(/N)c1cc(CC)cc(NCC2C=CC(C)=CC2)c1. The Bertz CT molecular complexity index is 738. The number of rotatable bonds is 7. The van der Waals surface area contributed by atoms with Gasteiger partial charge in [-0.2, -0.15) is 0 Å². The molecule has 1 unspecified atom stereocenters. The molecule has 0 aliphatic heterocycles. The highest BCUT2D eigenvalue weighted by atomic mass is 35.5. The summed E-state index contributed by atoms with van der Waals surface area (Å²) in [4.78, 5) is 0. The maximum Gasteiger partial charge on any atom is 0.0641 e. The van der Waals surface area contributed by atoms with Crippen LogP contribution in [0.25, 0.3) is 5.70 Å². The summed E-state index contributed by atoms with van der Waals surface area (Å²) in [6.45, 7) is 8.83. The molecule has 0 saturated heterocycles. The summed E-state index contributed by atoms with van der Waals surface area (Å²) in [6, 6.07) is 6.33. The van der Waals surface area contributed by atoms with Gasteiger partial charge < -0.3 is 11.1 Å². The van der Waals surface area contributed by atoms with E-state index in [4.69, 9.17) is 17.3 Å². The largest absolute Gasteiger partial charge is 0.397 e. The Morgan fingerprint density at radius 2 is 2.20 bits per heavy atom. The number of aryl methyl sites for hydroxylation is 1. The first-order valence-corrected chi connectivity index (χ1v) is 9.08. The lowest BCUT2D eigenvalue weighted by Gasteiger charge is -2.17. The molecule has 0 amide bonds. The summed E-state index contributed by atoms with van der Waals surface area (Å²) >= 11 is 6.29. The minimum Gasteiger partial charge on any atom is -0.397 e. The van der Waals surface area contributed by atoms with Gasteiger partial charge in [0.25, 0.3) is 0 Å². The summed E-state index contributed by atoms with van der Waals surface area (Å²) in [7, 11) is 0. The number of hydrogen-bond donors (Lipinski definition) is 2. The van der Waals surface area contributed by atoms with Crippen LogP contribution in [0, 0.1) is 5.92 Å². The van der Waals surface area contributed by atoms with E-state index in [0.717, 1.165) is 30.6 Å². The van der Waals surface area contributed by atoms with E-state index in [9.17, 15) is 0 Å². The molecule has 132 valence electrons. The van der Waals surface area contributed by atoms with E-state index >= 15 is 0 Å². The standard InChI is InChI=1S/C22H27ClN2/c1-4-6-7-21(23)22(24)19-12-17(5-2)13-20(14-19)25-15-18-10-8-16(3)9-11-18/h4,6-10,12-14,18,25H,1,5,11,15,24H2,2-3H3/b7-6-,22-21+. The van der Waals surface area contributed by atoms with Crippen molar-refractivity contribution < 1.29 is 0 Å². The van der Waals surface area contributed by atoms with Gasteiger partial charge >= 0.3 is 0 Å². The molecule has 1 aromatic carbocycles. The minimum atomic E-state index is 0.518. The Morgan fingerprint density at radius 1 is 1.40 bits per heavy atom. The summed E-state index contributed by atoms with van der Waals surface area (Å²) in [6.07, 6.45) is 14.0. The summed E-state index contributed by atoms with van der Waals surface area (Å²) < 4.78 is 0. The van der Waals surface area contributed by atoms with Crippen LogP contribution in [0.3, 0.4) is 0 Å². The molecule has 0 fully saturated rings. The molecule has 25 heavy (non-hydrogen) atoms. The summed E-state index contributed by atoms with van der Waals surface area (Å²) in [5.74, 6) is 0.518. The van der Waals surface area contributed by atoms with Crippen LogP contribution in [-0.2, 0) is 6.42 Å². The highest BCUT2D eigenvalue weighted by molar-refractivity contribution is 6.34. The Morgan fingerprint density at radius 3 is 2.84 bits per heavy atom. The van der Waals surface area contributed by atoms with Gasteiger partial charge in [-0.1, -0.05) is 61.1 Å². The maximum atomic E-state index is 6.29. The lowest BCUT2D eigenvalue weighted by Crippen LogP contribution is -2.14. The minimum absolute atomic E-state index is 0.518. The van der Waals surface area contributed by atoms with E-state index in [2.05, 4.69) is 62.2 Å². The van der Waals surface area contributed by atoms with Gasteiger partial charge in [-0.3, -0.25) is 0 Å². The van der Waals surface area contributed by atoms with Crippen LogP contribution in [0.15, 0.2) is 71.8 Å². The van der Waals surface area contributed by atoms with Crippen LogP contribution < -0.4 is 11.1 Å². The average molecular weight is 355 g/mol. The molecule has 0 bridgehead atoms. The van der Waals surface area contributed by atoms with Crippen molar-refractivity contribution in [3.8, 4) is 0 Å². The third-order valence-corrected chi connectivity index (χ3v) is 4.62. The molecule has 0 radical (unpaired) electrons.